The second kappa shape index (κ2) is 8.54. The third-order valence-corrected chi connectivity index (χ3v) is 6.58. The fourth-order valence-corrected chi connectivity index (χ4v) is 4.65. The van der Waals surface area contributed by atoms with E-state index in [1.807, 2.05) is 29.0 Å². The first-order chi connectivity index (χ1) is 15.2. The van der Waals surface area contributed by atoms with Crippen molar-refractivity contribution < 1.29 is 5.11 Å². The Morgan fingerprint density at radius 3 is 2.87 bits per heavy atom. The predicted octanol–water partition coefficient (Wildman–Crippen LogP) is 5.14. The van der Waals surface area contributed by atoms with Crippen LogP contribution in [0.5, 0.6) is 0 Å². The molecular weight excluding hydrogens is 404 g/mol. The van der Waals surface area contributed by atoms with Crippen LogP contribution in [-0.2, 0) is 6.54 Å². The van der Waals surface area contributed by atoms with Gasteiger partial charge in [0.2, 0.25) is 5.95 Å². The van der Waals surface area contributed by atoms with E-state index < -0.39 is 5.60 Å². The second-order valence-electron chi connectivity index (χ2n) is 7.97. The number of hydrogen-bond acceptors (Lipinski definition) is 5. The molecule has 31 heavy (non-hydrogen) atoms. The van der Waals surface area contributed by atoms with E-state index in [1.165, 1.54) is 11.3 Å². The third-order valence-electron chi connectivity index (χ3n) is 5.70. The quantitative estimate of drug-likeness (QED) is 0.442. The molecule has 1 saturated carbocycles. The molecule has 0 aliphatic heterocycles. The topological polar surface area (TPSA) is 63.0 Å². The monoisotopic (exact) mass is 428 g/mol. The summed E-state index contributed by atoms with van der Waals surface area (Å²) in [5, 5.41) is 17.2. The van der Waals surface area contributed by atoms with Crippen LogP contribution in [0.4, 0.5) is 5.95 Å². The Bertz CT molecular complexity index is 1240. The number of fused-ring (bicyclic) bond motifs is 1. The highest BCUT2D eigenvalue weighted by molar-refractivity contribution is 7.09. The lowest BCUT2D eigenvalue weighted by Crippen LogP contribution is -2.29. The Kier molecular flexibility index (Phi) is 5.46. The molecule has 6 heteroatoms. The summed E-state index contributed by atoms with van der Waals surface area (Å²) in [6.07, 6.45) is 8.59. The number of anilines is 1. The van der Waals surface area contributed by atoms with Crippen molar-refractivity contribution >= 4 is 28.2 Å². The third kappa shape index (κ3) is 4.48. The molecule has 4 aromatic rings. The van der Waals surface area contributed by atoms with Crippen LogP contribution in [0.3, 0.4) is 0 Å². The largest absolute Gasteiger partial charge is 0.378 e. The van der Waals surface area contributed by atoms with Crippen molar-refractivity contribution in [3.05, 3.63) is 70.7 Å². The molecule has 3 aromatic heterocycles. The summed E-state index contributed by atoms with van der Waals surface area (Å²) >= 11 is 1.71. The van der Waals surface area contributed by atoms with Crippen molar-refractivity contribution in [2.24, 2.45) is 0 Å². The smallest absolute Gasteiger partial charge is 0.224 e. The van der Waals surface area contributed by atoms with E-state index in [2.05, 4.69) is 51.8 Å². The van der Waals surface area contributed by atoms with Gasteiger partial charge in [0.15, 0.2) is 0 Å². The van der Waals surface area contributed by atoms with Crippen LogP contribution in [0.25, 0.3) is 16.7 Å². The van der Waals surface area contributed by atoms with Crippen molar-refractivity contribution in [1.29, 1.82) is 0 Å². The van der Waals surface area contributed by atoms with Crippen molar-refractivity contribution in [3.8, 4) is 17.7 Å². The van der Waals surface area contributed by atoms with Crippen molar-refractivity contribution in [2.75, 3.05) is 5.32 Å². The van der Waals surface area contributed by atoms with Crippen LogP contribution in [0.1, 0.15) is 42.5 Å². The second-order valence-corrected chi connectivity index (χ2v) is 9.01. The maximum absolute atomic E-state index is 10.7. The first kappa shape index (κ1) is 19.8. The highest BCUT2D eigenvalue weighted by Gasteiger charge is 2.26. The number of thiophene rings is 1. The normalized spacial score (nSPS) is 15.4. The number of hydrogen-bond donors (Lipinski definition) is 2. The maximum atomic E-state index is 10.7. The zero-order valence-electron chi connectivity index (χ0n) is 17.2. The molecule has 0 atom stereocenters. The van der Waals surface area contributed by atoms with Crippen LogP contribution in [0, 0.1) is 11.8 Å². The van der Waals surface area contributed by atoms with E-state index >= 15 is 0 Å². The van der Waals surface area contributed by atoms with E-state index in [0.717, 1.165) is 48.0 Å². The van der Waals surface area contributed by atoms with E-state index in [9.17, 15) is 5.11 Å². The van der Waals surface area contributed by atoms with Crippen molar-refractivity contribution in [1.82, 2.24) is 14.5 Å². The Labute approximate surface area is 185 Å². The predicted molar refractivity (Wildman–Crippen MR) is 125 cm³/mol. The molecule has 156 valence electrons. The average Bonchev–Trinajstić information content (AvgIpc) is 3.47. The van der Waals surface area contributed by atoms with Gasteiger partial charge < -0.3 is 15.0 Å². The van der Waals surface area contributed by atoms with Gasteiger partial charge in [-0.05, 0) is 61.4 Å². The number of aromatic nitrogens is 3. The van der Waals surface area contributed by atoms with Gasteiger partial charge in [-0.15, -0.1) is 11.3 Å². The molecule has 1 aromatic carbocycles. The molecule has 0 saturated heterocycles. The summed E-state index contributed by atoms with van der Waals surface area (Å²) < 4.78 is 2.05. The maximum Gasteiger partial charge on any atom is 0.224 e. The van der Waals surface area contributed by atoms with Crippen LogP contribution < -0.4 is 5.32 Å². The zero-order chi connectivity index (χ0) is 21.1. The molecule has 3 heterocycles. The number of nitrogens with zero attached hydrogens (tertiary/aromatic N) is 3. The number of rotatable bonds is 4. The van der Waals surface area contributed by atoms with Gasteiger partial charge in [-0.3, -0.25) is 0 Å². The van der Waals surface area contributed by atoms with Crippen LogP contribution in [0.2, 0.25) is 0 Å². The minimum Gasteiger partial charge on any atom is -0.378 e. The highest BCUT2D eigenvalue weighted by atomic mass is 32.1. The van der Waals surface area contributed by atoms with E-state index in [1.54, 1.807) is 17.5 Å². The SMILES string of the molecule is OC1(C#Cc2ccc3ccn(-c4ccnc(NCc5cccs5)n4)c3c2)CCCCC1. The van der Waals surface area contributed by atoms with Gasteiger partial charge in [0.1, 0.15) is 11.4 Å². The Morgan fingerprint density at radius 2 is 2.03 bits per heavy atom. The molecule has 0 radical (unpaired) electrons. The first-order valence-electron chi connectivity index (χ1n) is 10.6. The molecule has 1 aliphatic carbocycles. The minimum absolute atomic E-state index is 0.600. The Morgan fingerprint density at radius 1 is 1.13 bits per heavy atom. The highest BCUT2D eigenvalue weighted by Crippen LogP contribution is 2.27. The van der Waals surface area contributed by atoms with Gasteiger partial charge >= 0.3 is 0 Å². The lowest BCUT2D eigenvalue weighted by molar-refractivity contribution is 0.0610. The molecule has 5 rings (SSSR count). The molecule has 1 fully saturated rings. The van der Waals surface area contributed by atoms with Crippen LogP contribution in [0.15, 0.2) is 60.2 Å². The average molecular weight is 429 g/mol. The molecule has 2 N–H and O–H groups in total. The van der Waals surface area contributed by atoms with Gasteiger partial charge in [0.25, 0.3) is 0 Å². The zero-order valence-corrected chi connectivity index (χ0v) is 18.0. The van der Waals surface area contributed by atoms with Gasteiger partial charge in [0, 0.05) is 28.2 Å². The molecule has 0 bridgehead atoms. The summed E-state index contributed by atoms with van der Waals surface area (Å²) in [5.41, 5.74) is 1.09. The fourth-order valence-electron chi connectivity index (χ4n) is 4.00. The Balaban J connectivity index is 1.42. The molecule has 5 nitrogen and oxygen atoms in total. The molecule has 0 amide bonds. The summed E-state index contributed by atoms with van der Waals surface area (Å²) in [4.78, 5) is 10.3. The van der Waals surface area contributed by atoms with Gasteiger partial charge in [-0.1, -0.05) is 30.4 Å². The van der Waals surface area contributed by atoms with E-state index in [0.29, 0.717) is 12.5 Å². The van der Waals surface area contributed by atoms with Gasteiger partial charge in [-0.25, -0.2) is 4.98 Å². The summed E-state index contributed by atoms with van der Waals surface area (Å²) in [5.74, 6) is 7.74. The van der Waals surface area contributed by atoms with Crippen LogP contribution in [-0.4, -0.2) is 25.2 Å². The number of benzene rings is 1. The standard InChI is InChI=1S/C25H24N4OS/c30-25(11-2-1-3-12-25)13-8-19-6-7-20-10-15-29(22(20)17-19)23-9-14-26-24(28-23)27-18-21-5-4-16-31-21/h4-7,9-10,14-17,30H,1-3,11-12,18H2,(H,26,27,28). The minimum atomic E-state index is -0.842. The van der Waals surface area contributed by atoms with Crippen molar-refractivity contribution in [2.45, 2.75) is 44.2 Å². The molecular formula is C25H24N4OS. The number of aliphatic hydroxyl groups is 1. The summed E-state index contributed by atoms with van der Waals surface area (Å²) in [6, 6.07) is 14.2. The van der Waals surface area contributed by atoms with Crippen LogP contribution >= 0.6 is 11.3 Å². The lowest BCUT2D eigenvalue weighted by atomic mass is 9.85. The number of nitrogens with one attached hydrogen (secondary N) is 1. The van der Waals surface area contributed by atoms with Gasteiger partial charge in [0.05, 0.1) is 12.1 Å². The van der Waals surface area contributed by atoms with E-state index in [4.69, 9.17) is 4.98 Å². The fraction of sp³-hybridized carbons (Fsp3) is 0.280. The molecule has 1 aliphatic rings. The lowest BCUT2D eigenvalue weighted by Gasteiger charge is -2.26. The van der Waals surface area contributed by atoms with E-state index in [-0.39, 0.29) is 0 Å². The molecule has 0 spiro atoms. The first-order valence-corrected chi connectivity index (χ1v) is 11.5. The Hall–Kier alpha value is -3.14. The molecule has 0 unspecified atom stereocenters. The summed E-state index contributed by atoms with van der Waals surface area (Å²) in [6.45, 7) is 0.705. The summed E-state index contributed by atoms with van der Waals surface area (Å²) in [7, 11) is 0. The van der Waals surface area contributed by atoms with Crippen molar-refractivity contribution in [3.63, 3.8) is 0 Å². The van der Waals surface area contributed by atoms with Gasteiger partial charge in [-0.2, -0.15) is 4.98 Å².